The van der Waals surface area contributed by atoms with E-state index in [0.717, 1.165) is 21.3 Å². The molecule has 4 aromatic rings. The molecule has 3 aromatic carbocycles. The second-order valence-electron chi connectivity index (χ2n) is 10.8. The molecule has 0 bridgehead atoms. The summed E-state index contributed by atoms with van der Waals surface area (Å²) in [4.78, 5) is 26.9. The largest absolute Gasteiger partial charge is 0.497 e. The van der Waals surface area contributed by atoms with Crippen LogP contribution in [-0.4, -0.2) is 66.7 Å². The fourth-order valence-electron chi connectivity index (χ4n) is 5.67. The highest BCUT2D eigenvalue weighted by molar-refractivity contribution is 5.49. The van der Waals surface area contributed by atoms with E-state index in [4.69, 9.17) is 33.7 Å². The molecule has 246 valence electrons. The molecule has 0 spiro atoms. The van der Waals surface area contributed by atoms with Gasteiger partial charge in [0.25, 0.3) is 5.56 Å². The average Bonchev–Trinajstić information content (AvgIpc) is 3.39. The number of ether oxygens (including phenoxy) is 6. The van der Waals surface area contributed by atoms with Crippen molar-refractivity contribution in [2.24, 2.45) is 0 Å². The molecule has 47 heavy (non-hydrogen) atoms. The SMILES string of the molecule is COc1ccc(C(OC[C@H]2O[C@@H](n3ccc(=O)[nH]c3=O)[C@H](OC(C)OCCC#N)[C@@H]2O)(c2ccccc2)c2ccc(OC)cc2)cc1. The second-order valence-corrected chi connectivity index (χ2v) is 10.8. The van der Waals surface area contributed by atoms with Crippen molar-refractivity contribution in [1.82, 2.24) is 9.55 Å². The number of aliphatic hydroxyl groups excluding tert-OH is 1. The number of aromatic amines is 1. The maximum absolute atomic E-state index is 12.8. The molecular weight excluding hydrogens is 606 g/mol. The number of hydrogen-bond acceptors (Lipinski definition) is 10. The van der Waals surface area contributed by atoms with E-state index in [9.17, 15) is 14.7 Å². The van der Waals surface area contributed by atoms with Gasteiger partial charge in [-0.25, -0.2) is 4.79 Å². The fraction of sp³-hybridized carbons (Fsp3) is 0.343. The van der Waals surface area contributed by atoms with E-state index in [1.54, 1.807) is 21.1 Å². The Balaban J connectivity index is 1.54. The third-order valence-electron chi connectivity index (χ3n) is 7.99. The lowest BCUT2D eigenvalue weighted by atomic mass is 9.80. The standard InChI is InChI=1S/C35H37N3O9/c1-23(44-21-7-19-36)46-32-31(40)29(47-33(32)38-20-18-30(39)37-34(38)41)22-45-35(24-8-5-4-6-9-24,25-10-14-27(42-2)15-11-25)26-12-16-28(43-3)17-13-26/h4-6,8-18,20,23,29,31-33,40H,7,21-22H2,1-3H3,(H,37,39,41)/t23?,29-,31-,32-,33-/m1/s1. The number of rotatable bonds is 14. The van der Waals surface area contributed by atoms with Crippen LogP contribution in [0, 0.1) is 11.3 Å². The summed E-state index contributed by atoms with van der Waals surface area (Å²) in [6.45, 7) is 1.58. The second kappa shape index (κ2) is 15.2. The van der Waals surface area contributed by atoms with Crippen molar-refractivity contribution in [2.75, 3.05) is 27.4 Å². The van der Waals surface area contributed by atoms with Crippen LogP contribution in [0.4, 0.5) is 0 Å². The van der Waals surface area contributed by atoms with Gasteiger partial charge in [0.2, 0.25) is 0 Å². The minimum atomic E-state index is -1.29. The minimum absolute atomic E-state index is 0.112. The van der Waals surface area contributed by atoms with Crippen molar-refractivity contribution in [2.45, 2.75) is 49.8 Å². The predicted molar refractivity (Wildman–Crippen MR) is 170 cm³/mol. The first-order valence-electron chi connectivity index (χ1n) is 15.1. The summed E-state index contributed by atoms with van der Waals surface area (Å²) in [6, 6.07) is 27.9. The summed E-state index contributed by atoms with van der Waals surface area (Å²) in [7, 11) is 3.19. The Bertz CT molecular complexity index is 1700. The van der Waals surface area contributed by atoms with Crippen LogP contribution < -0.4 is 20.7 Å². The van der Waals surface area contributed by atoms with Gasteiger partial charge in [-0.05, 0) is 47.9 Å². The Morgan fingerprint density at radius 2 is 1.53 bits per heavy atom. The van der Waals surface area contributed by atoms with Crippen LogP contribution in [0.5, 0.6) is 11.5 Å². The Hall–Kier alpha value is -4.77. The van der Waals surface area contributed by atoms with Gasteiger partial charge in [0.05, 0.1) is 39.9 Å². The Kier molecular flexibility index (Phi) is 10.9. The molecule has 5 rings (SSSR count). The Morgan fingerprint density at radius 1 is 0.936 bits per heavy atom. The normalized spacial score (nSPS) is 20.0. The fourth-order valence-corrected chi connectivity index (χ4v) is 5.67. The molecule has 1 saturated heterocycles. The summed E-state index contributed by atoms with van der Waals surface area (Å²) in [5.74, 6) is 1.33. The van der Waals surface area contributed by atoms with Crippen LogP contribution in [0.25, 0.3) is 0 Å². The molecule has 2 N–H and O–H groups in total. The van der Waals surface area contributed by atoms with Crippen molar-refractivity contribution < 1.29 is 33.5 Å². The highest BCUT2D eigenvalue weighted by atomic mass is 16.7. The maximum atomic E-state index is 12.8. The molecule has 1 unspecified atom stereocenters. The molecule has 0 saturated carbocycles. The van der Waals surface area contributed by atoms with Gasteiger partial charge in [0.1, 0.15) is 35.4 Å². The number of methoxy groups -OCH3 is 2. The van der Waals surface area contributed by atoms with Crippen molar-refractivity contribution >= 4 is 0 Å². The minimum Gasteiger partial charge on any atom is -0.497 e. The molecule has 12 heteroatoms. The van der Waals surface area contributed by atoms with Crippen LogP contribution in [0.15, 0.2) is 101 Å². The molecule has 0 aliphatic carbocycles. The molecule has 0 amide bonds. The zero-order valence-corrected chi connectivity index (χ0v) is 26.3. The molecule has 1 aliphatic heterocycles. The van der Waals surface area contributed by atoms with Crippen LogP contribution >= 0.6 is 0 Å². The van der Waals surface area contributed by atoms with Crippen LogP contribution in [0.1, 0.15) is 36.3 Å². The van der Waals surface area contributed by atoms with E-state index >= 15 is 0 Å². The number of nitrogens with zero attached hydrogens (tertiary/aromatic N) is 2. The summed E-state index contributed by atoms with van der Waals surface area (Å²) in [5, 5.41) is 20.5. The molecular formula is C35H37N3O9. The van der Waals surface area contributed by atoms with Crippen molar-refractivity contribution in [1.29, 1.82) is 5.26 Å². The van der Waals surface area contributed by atoms with Crippen LogP contribution in [0.2, 0.25) is 0 Å². The highest BCUT2D eigenvalue weighted by Crippen LogP contribution is 2.43. The third-order valence-corrected chi connectivity index (χ3v) is 7.99. The predicted octanol–water partition coefficient (Wildman–Crippen LogP) is 3.48. The first-order valence-corrected chi connectivity index (χ1v) is 15.1. The van der Waals surface area contributed by atoms with Gasteiger partial charge in [-0.3, -0.25) is 14.3 Å². The number of nitriles is 1. The zero-order valence-electron chi connectivity index (χ0n) is 26.3. The van der Waals surface area contributed by atoms with E-state index in [1.807, 2.05) is 84.9 Å². The third kappa shape index (κ3) is 7.30. The lowest BCUT2D eigenvalue weighted by Crippen LogP contribution is -2.42. The van der Waals surface area contributed by atoms with Gasteiger partial charge in [-0.15, -0.1) is 0 Å². The lowest BCUT2D eigenvalue weighted by molar-refractivity contribution is -0.193. The van der Waals surface area contributed by atoms with Gasteiger partial charge in [-0.1, -0.05) is 54.6 Å². The van der Waals surface area contributed by atoms with Gasteiger partial charge in [0, 0.05) is 12.3 Å². The highest BCUT2D eigenvalue weighted by Gasteiger charge is 2.48. The zero-order chi connectivity index (χ0) is 33.4. The Morgan fingerprint density at radius 3 is 2.09 bits per heavy atom. The smallest absolute Gasteiger partial charge is 0.330 e. The van der Waals surface area contributed by atoms with Crippen molar-refractivity contribution in [3.63, 3.8) is 0 Å². The molecule has 1 aliphatic rings. The van der Waals surface area contributed by atoms with Crippen molar-refractivity contribution in [3.8, 4) is 17.6 Å². The van der Waals surface area contributed by atoms with Crippen LogP contribution in [0.3, 0.4) is 0 Å². The summed E-state index contributed by atoms with van der Waals surface area (Å²) in [5.41, 5.74) is -0.144. The van der Waals surface area contributed by atoms with Crippen LogP contribution in [-0.2, 0) is 24.5 Å². The molecule has 0 radical (unpaired) electrons. The maximum Gasteiger partial charge on any atom is 0.330 e. The topological polar surface area (TPSA) is 154 Å². The van der Waals surface area contributed by atoms with E-state index in [0.29, 0.717) is 11.5 Å². The first kappa shape index (κ1) is 33.6. The first-order chi connectivity index (χ1) is 22.8. The molecule has 12 nitrogen and oxygen atoms in total. The van der Waals surface area contributed by atoms with Gasteiger partial charge < -0.3 is 33.5 Å². The van der Waals surface area contributed by atoms with Gasteiger partial charge in [0.15, 0.2) is 12.5 Å². The van der Waals surface area contributed by atoms with Crippen molar-refractivity contribution in [3.05, 3.63) is 129 Å². The number of aliphatic hydroxyl groups is 1. The molecule has 1 aromatic heterocycles. The van der Waals surface area contributed by atoms with E-state index in [-0.39, 0.29) is 19.6 Å². The molecule has 1 fully saturated rings. The number of aromatic nitrogens is 2. The Labute approximate surface area is 271 Å². The van der Waals surface area contributed by atoms with Gasteiger partial charge >= 0.3 is 5.69 Å². The van der Waals surface area contributed by atoms with Gasteiger partial charge in [-0.2, -0.15) is 5.26 Å². The van der Waals surface area contributed by atoms with E-state index in [1.165, 1.54) is 12.3 Å². The van der Waals surface area contributed by atoms with E-state index in [2.05, 4.69) is 4.98 Å². The number of benzene rings is 3. The quantitative estimate of drug-likeness (QED) is 0.119. The number of H-pyrrole nitrogens is 1. The van der Waals surface area contributed by atoms with E-state index < -0.39 is 47.7 Å². The number of hydrogen-bond donors (Lipinski definition) is 2. The lowest BCUT2D eigenvalue weighted by Gasteiger charge is -2.37. The average molecular weight is 644 g/mol. The summed E-state index contributed by atoms with van der Waals surface area (Å²) >= 11 is 0. The summed E-state index contributed by atoms with van der Waals surface area (Å²) in [6.07, 6.45) is -3.95. The molecule has 5 atom stereocenters. The monoisotopic (exact) mass is 643 g/mol. The molecule has 2 heterocycles. The summed E-state index contributed by atoms with van der Waals surface area (Å²) < 4.78 is 36.8. The number of nitrogens with one attached hydrogen (secondary N) is 1.